The molecule has 0 atom stereocenters. The number of hydrogen-bond acceptors (Lipinski definition) is 1. The molecule has 0 bridgehead atoms. The Kier molecular flexibility index (Phi) is 6.74. The van der Waals surface area contributed by atoms with E-state index in [9.17, 15) is 0 Å². The molecule has 0 radical (unpaired) electrons. The van der Waals surface area contributed by atoms with E-state index in [1.54, 1.807) is 0 Å². The highest BCUT2D eigenvalue weighted by atomic mass is 35.5. The number of fused-ring (bicyclic) bond motifs is 2. The molecule has 2 nitrogen and oxygen atoms in total. The van der Waals surface area contributed by atoms with Crippen LogP contribution in [-0.4, -0.2) is 23.4 Å². The molecule has 2 aliphatic heterocycles. The third-order valence-electron chi connectivity index (χ3n) is 5.77. The van der Waals surface area contributed by atoms with Gasteiger partial charge in [-0.15, -0.1) is 0 Å². The molecule has 0 unspecified atom stereocenters. The van der Waals surface area contributed by atoms with Crippen molar-refractivity contribution in [3.8, 4) is 0 Å². The highest BCUT2D eigenvalue weighted by molar-refractivity contribution is 5.93. The molecule has 0 fully saturated rings. The summed E-state index contributed by atoms with van der Waals surface area (Å²) in [6.07, 6.45) is 11.4. The Morgan fingerprint density at radius 3 is 2.39 bits per heavy atom. The third kappa shape index (κ3) is 3.93. The van der Waals surface area contributed by atoms with Crippen LogP contribution in [0.5, 0.6) is 0 Å². The van der Waals surface area contributed by atoms with Crippen LogP contribution in [0.2, 0.25) is 0 Å². The van der Waals surface area contributed by atoms with Gasteiger partial charge in [0.15, 0.2) is 5.71 Å². The van der Waals surface area contributed by atoms with E-state index in [-0.39, 0.29) is 12.4 Å². The van der Waals surface area contributed by atoms with E-state index in [2.05, 4.69) is 90.1 Å². The topological polar surface area (TPSA) is 6.25 Å². The lowest BCUT2D eigenvalue weighted by Crippen LogP contribution is -3.00. The molecule has 3 heteroatoms. The zero-order chi connectivity index (χ0) is 18.6. The van der Waals surface area contributed by atoms with Gasteiger partial charge in [0.2, 0.25) is 5.69 Å². The predicted octanol–water partition coefficient (Wildman–Crippen LogP) is 2.65. The smallest absolute Gasteiger partial charge is 0.208 e. The molecule has 146 valence electrons. The molecule has 0 amide bonds. The van der Waals surface area contributed by atoms with Crippen molar-refractivity contribution in [1.82, 2.24) is 0 Å². The average molecular weight is 393 g/mol. The summed E-state index contributed by atoms with van der Waals surface area (Å²) in [5.41, 5.74) is 8.53. The van der Waals surface area contributed by atoms with Crippen LogP contribution in [0, 0.1) is 0 Å². The van der Waals surface area contributed by atoms with E-state index in [1.807, 2.05) is 0 Å². The number of nitrogens with zero attached hydrogens (tertiary/aromatic N) is 2. The van der Waals surface area contributed by atoms with Crippen molar-refractivity contribution in [2.45, 2.75) is 39.5 Å². The second kappa shape index (κ2) is 9.25. The Balaban J connectivity index is 0.00000225. The molecule has 28 heavy (non-hydrogen) atoms. The number of rotatable bonds is 4. The fourth-order valence-electron chi connectivity index (χ4n) is 4.44. The number of anilines is 1. The van der Waals surface area contributed by atoms with Gasteiger partial charge in [-0.25, -0.2) is 0 Å². The number of allylic oxidation sites excluding steroid dienone is 4. The summed E-state index contributed by atoms with van der Waals surface area (Å²) in [6, 6.07) is 17.6. The summed E-state index contributed by atoms with van der Waals surface area (Å²) in [5.74, 6) is 0. The van der Waals surface area contributed by atoms with Gasteiger partial charge in [0.25, 0.3) is 0 Å². The molecule has 0 aromatic heterocycles. The third-order valence-corrected chi connectivity index (χ3v) is 5.77. The van der Waals surface area contributed by atoms with E-state index in [1.165, 1.54) is 33.9 Å². The van der Waals surface area contributed by atoms with Crippen LogP contribution in [-0.2, 0) is 12.8 Å². The average Bonchev–Trinajstić information content (AvgIpc) is 2.73. The summed E-state index contributed by atoms with van der Waals surface area (Å²) >= 11 is 0. The Hall–Kier alpha value is -2.32. The maximum Gasteiger partial charge on any atom is 0.208 e. The Morgan fingerprint density at radius 1 is 0.893 bits per heavy atom. The summed E-state index contributed by atoms with van der Waals surface area (Å²) in [4.78, 5) is 2.46. The second-order valence-electron chi connectivity index (χ2n) is 7.25. The summed E-state index contributed by atoms with van der Waals surface area (Å²) in [5, 5.41) is 0. The lowest BCUT2D eigenvalue weighted by molar-refractivity contribution is -0.439. The predicted molar refractivity (Wildman–Crippen MR) is 115 cm³/mol. The van der Waals surface area contributed by atoms with Crippen molar-refractivity contribution in [3.05, 3.63) is 83.6 Å². The lowest BCUT2D eigenvalue weighted by atomic mass is 9.98. The Labute approximate surface area is 175 Å². The maximum absolute atomic E-state index is 2.46. The second-order valence-corrected chi connectivity index (χ2v) is 7.25. The van der Waals surface area contributed by atoms with Crippen LogP contribution in [0.25, 0.3) is 0 Å². The van der Waals surface area contributed by atoms with Crippen molar-refractivity contribution in [1.29, 1.82) is 0 Å². The maximum atomic E-state index is 2.46. The van der Waals surface area contributed by atoms with Crippen LogP contribution in [0.4, 0.5) is 11.4 Å². The molecule has 2 aromatic rings. The fraction of sp³-hybridized carbons (Fsp3) is 0.320. The number of para-hydroxylation sites is 2. The molecule has 0 saturated carbocycles. The number of hydrogen-bond donors (Lipinski definition) is 0. The Morgan fingerprint density at radius 2 is 1.61 bits per heavy atom. The molecule has 2 heterocycles. The first-order valence-corrected chi connectivity index (χ1v) is 10.3. The van der Waals surface area contributed by atoms with Crippen molar-refractivity contribution in [3.63, 3.8) is 0 Å². The van der Waals surface area contributed by atoms with E-state index in [0.29, 0.717) is 0 Å². The number of benzene rings is 2. The van der Waals surface area contributed by atoms with Gasteiger partial charge in [-0.05, 0) is 50.8 Å². The molecular formula is C25H29ClN2. The summed E-state index contributed by atoms with van der Waals surface area (Å²) in [7, 11) is 0. The largest absolute Gasteiger partial charge is 1.00 e. The van der Waals surface area contributed by atoms with Gasteiger partial charge in [0, 0.05) is 42.1 Å². The van der Waals surface area contributed by atoms with Gasteiger partial charge < -0.3 is 17.3 Å². The van der Waals surface area contributed by atoms with Crippen LogP contribution in [0.15, 0.2) is 72.5 Å². The molecule has 0 aliphatic carbocycles. The van der Waals surface area contributed by atoms with Crippen molar-refractivity contribution in [2.24, 2.45) is 0 Å². The van der Waals surface area contributed by atoms with Gasteiger partial charge in [0.1, 0.15) is 6.54 Å². The normalized spacial score (nSPS) is 17.5. The molecule has 2 aliphatic rings. The highest BCUT2D eigenvalue weighted by Crippen LogP contribution is 2.32. The first-order chi connectivity index (χ1) is 13.3. The number of halogens is 1. The first-order valence-electron chi connectivity index (χ1n) is 10.3. The van der Waals surface area contributed by atoms with Crippen LogP contribution in [0.3, 0.4) is 0 Å². The monoisotopic (exact) mass is 392 g/mol. The molecule has 4 rings (SSSR count). The molecule has 0 saturated heterocycles. The minimum absolute atomic E-state index is 0. The SMILES string of the molecule is CCN1/C(=C/C=C/C2=[N+](CC)c3ccccc3CC2)CCc2ccccc21.[Cl-]. The zero-order valence-electron chi connectivity index (χ0n) is 16.9. The molecular weight excluding hydrogens is 364 g/mol. The van der Waals surface area contributed by atoms with E-state index in [0.717, 1.165) is 38.8 Å². The standard InChI is InChI=1S/C25H29N2.ClH/c1-3-26-22(18-16-20-10-5-7-14-24(20)26)12-9-13-23-19-17-21-11-6-8-15-25(21)27(23)4-2;/h5-15H,3-4,16-19H2,1-2H3;1H/q+1;/p-1. The lowest BCUT2D eigenvalue weighted by Gasteiger charge is -2.32. The van der Waals surface area contributed by atoms with E-state index in [4.69, 9.17) is 0 Å². The minimum atomic E-state index is 0. The zero-order valence-corrected chi connectivity index (χ0v) is 17.6. The van der Waals surface area contributed by atoms with Gasteiger partial charge in [-0.3, -0.25) is 0 Å². The van der Waals surface area contributed by atoms with Crippen molar-refractivity contribution < 1.29 is 17.0 Å². The molecule has 0 N–H and O–H groups in total. The summed E-state index contributed by atoms with van der Waals surface area (Å²) in [6.45, 7) is 6.51. The fourth-order valence-corrected chi connectivity index (χ4v) is 4.44. The molecule has 0 spiro atoms. The summed E-state index contributed by atoms with van der Waals surface area (Å²) < 4.78 is 2.46. The van der Waals surface area contributed by atoms with Crippen LogP contribution < -0.4 is 17.3 Å². The highest BCUT2D eigenvalue weighted by Gasteiger charge is 2.23. The van der Waals surface area contributed by atoms with Crippen molar-refractivity contribution in [2.75, 3.05) is 18.0 Å². The van der Waals surface area contributed by atoms with Gasteiger partial charge in [-0.2, -0.15) is 4.58 Å². The minimum Gasteiger partial charge on any atom is -1.00 e. The van der Waals surface area contributed by atoms with E-state index >= 15 is 0 Å². The van der Waals surface area contributed by atoms with Crippen LogP contribution in [0.1, 0.15) is 37.8 Å². The Bertz CT molecular complexity index is 924. The van der Waals surface area contributed by atoms with Gasteiger partial charge in [-0.1, -0.05) is 42.5 Å². The van der Waals surface area contributed by atoms with Crippen molar-refractivity contribution >= 4 is 17.1 Å². The van der Waals surface area contributed by atoms with Gasteiger partial charge >= 0.3 is 0 Å². The van der Waals surface area contributed by atoms with Crippen LogP contribution >= 0.6 is 0 Å². The van der Waals surface area contributed by atoms with Gasteiger partial charge in [0.05, 0.1) is 0 Å². The first kappa shape index (κ1) is 20.4. The quantitative estimate of drug-likeness (QED) is 0.725. The number of aryl methyl sites for hydroxylation is 2. The molecule has 2 aromatic carbocycles. The van der Waals surface area contributed by atoms with E-state index < -0.39 is 0 Å².